The van der Waals surface area contributed by atoms with Crippen LogP contribution in [0, 0.1) is 12.7 Å². The van der Waals surface area contributed by atoms with Crippen LogP contribution >= 0.6 is 0 Å². The lowest BCUT2D eigenvalue weighted by Crippen LogP contribution is -2.37. The lowest BCUT2D eigenvalue weighted by molar-refractivity contribution is -0.118. The second kappa shape index (κ2) is 9.51. The Bertz CT molecular complexity index is 1070. The van der Waals surface area contributed by atoms with Crippen molar-refractivity contribution in [3.05, 3.63) is 41.6 Å². The van der Waals surface area contributed by atoms with Crippen molar-refractivity contribution in [3.63, 3.8) is 0 Å². The minimum absolute atomic E-state index is 0.0848. The molecule has 3 aromatic heterocycles. The van der Waals surface area contributed by atoms with Crippen molar-refractivity contribution in [2.75, 3.05) is 41.8 Å². The molecule has 12 nitrogen and oxygen atoms in total. The van der Waals surface area contributed by atoms with Gasteiger partial charge in [0, 0.05) is 24.8 Å². The van der Waals surface area contributed by atoms with Gasteiger partial charge in [0.1, 0.15) is 5.82 Å². The highest BCUT2D eigenvalue weighted by Gasteiger charge is 2.21. The maximum Gasteiger partial charge on any atom is 0.235 e. The number of aryl methyl sites for hydroxylation is 1. The van der Waals surface area contributed by atoms with E-state index in [1.165, 1.54) is 12.1 Å². The van der Waals surface area contributed by atoms with Crippen LogP contribution in [0.25, 0.3) is 0 Å². The van der Waals surface area contributed by atoms with E-state index in [-0.39, 0.29) is 18.3 Å². The minimum atomic E-state index is -0.659. The van der Waals surface area contributed by atoms with Gasteiger partial charge in [0.25, 0.3) is 0 Å². The molecule has 0 bridgehead atoms. The van der Waals surface area contributed by atoms with Gasteiger partial charge in [-0.05, 0) is 19.1 Å². The number of primary amides is 1. The van der Waals surface area contributed by atoms with Crippen molar-refractivity contribution >= 4 is 29.6 Å². The second-order valence-electron chi connectivity index (χ2n) is 7.21. The first-order chi connectivity index (χ1) is 15.5. The number of aromatic nitrogens is 6. The van der Waals surface area contributed by atoms with Crippen LogP contribution in [0.1, 0.15) is 23.9 Å². The molecular weight excluding hydrogens is 419 g/mol. The Morgan fingerprint density at radius 1 is 1.28 bits per heavy atom. The number of nitrogens with zero attached hydrogens (tertiary/aromatic N) is 6. The van der Waals surface area contributed by atoms with Crippen LogP contribution < -0.4 is 21.3 Å². The van der Waals surface area contributed by atoms with E-state index in [0.29, 0.717) is 43.8 Å². The average molecular weight is 442 g/mol. The number of nitrogens with two attached hydrogens (primary N) is 1. The van der Waals surface area contributed by atoms with Gasteiger partial charge in [0.05, 0.1) is 37.6 Å². The molecule has 0 aromatic carbocycles. The number of nitrogens with one attached hydrogen (secondary N) is 3. The zero-order chi connectivity index (χ0) is 22.5. The fourth-order valence-electron chi connectivity index (χ4n) is 3.17. The number of hydrogen-bond donors (Lipinski definition) is 4. The van der Waals surface area contributed by atoms with Crippen LogP contribution in [0.3, 0.4) is 0 Å². The molecule has 0 saturated carbocycles. The third-order valence-electron chi connectivity index (χ3n) is 4.68. The Morgan fingerprint density at radius 2 is 2.06 bits per heavy atom. The largest absolute Gasteiger partial charge is 0.378 e. The van der Waals surface area contributed by atoms with E-state index in [1.54, 1.807) is 0 Å². The van der Waals surface area contributed by atoms with Crippen LogP contribution in [0.15, 0.2) is 24.4 Å². The number of rotatable bonds is 8. The van der Waals surface area contributed by atoms with Crippen molar-refractivity contribution in [3.8, 4) is 0 Å². The molecule has 168 valence electrons. The maximum atomic E-state index is 13.3. The number of carbonyl (C=O) groups is 1. The third-order valence-corrected chi connectivity index (χ3v) is 4.68. The highest BCUT2D eigenvalue weighted by molar-refractivity contribution is 5.75. The molecule has 1 saturated heterocycles. The third kappa shape index (κ3) is 5.43. The summed E-state index contributed by atoms with van der Waals surface area (Å²) in [6.45, 7) is 4.23. The molecule has 0 spiro atoms. The number of hydrogen-bond acceptors (Lipinski definition) is 10. The topological polar surface area (TPSA) is 160 Å². The normalized spacial score (nSPS) is 14.8. The van der Waals surface area contributed by atoms with E-state index in [2.05, 4.69) is 40.8 Å². The monoisotopic (exact) mass is 442 g/mol. The number of amides is 1. The van der Waals surface area contributed by atoms with E-state index >= 15 is 0 Å². The molecule has 0 radical (unpaired) electrons. The number of carbonyl (C=O) groups excluding carboxylic acids is 1. The Hall–Kier alpha value is -3.87. The molecule has 1 amide bonds. The number of aromatic amines is 1. The molecule has 32 heavy (non-hydrogen) atoms. The fourth-order valence-corrected chi connectivity index (χ4v) is 3.17. The van der Waals surface area contributed by atoms with Crippen molar-refractivity contribution in [2.24, 2.45) is 5.73 Å². The summed E-state index contributed by atoms with van der Waals surface area (Å²) in [6, 6.07) is 3.89. The molecule has 3 aromatic rings. The van der Waals surface area contributed by atoms with Gasteiger partial charge in [0.15, 0.2) is 5.82 Å². The average Bonchev–Trinajstić information content (AvgIpc) is 3.18. The number of ether oxygens (including phenoxy) is 1. The van der Waals surface area contributed by atoms with Crippen LogP contribution in [0.2, 0.25) is 0 Å². The first kappa shape index (κ1) is 21.4. The Kier molecular flexibility index (Phi) is 6.35. The molecule has 1 aliphatic rings. The van der Waals surface area contributed by atoms with Gasteiger partial charge in [-0.25, -0.2) is 4.39 Å². The molecule has 0 aliphatic carbocycles. The fraction of sp³-hybridized carbons (Fsp3) is 0.368. The Labute approximate surface area is 182 Å². The number of anilines is 4. The van der Waals surface area contributed by atoms with Gasteiger partial charge in [-0.15, -0.1) is 0 Å². The zero-order valence-corrected chi connectivity index (χ0v) is 17.4. The molecule has 1 fully saturated rings. The number of halogens is 1. The second-order valence-corrected chi connectivity index (χ2v) is 7.21. The summed E-state index contributed by atoms with van der Waals surface area (Å²) in [5.74, 6) is 0.407. The van der Waals surface area contributed by atoms with E-state index in [9.17, 15) is 9.18 Å². The summed E-state index contributed by atoms with van der Waals surface area (Å²) in [4.78, 5) is 31.1. The summed E-state index contributed by atoms with van der Waals surface area (Å²) >= 11 is 0. The zero-order valence-electron chi connectivity index (χ0n) is 17.4. The quantitative estimate of drug-likeness (QED) is 0.397. The van der Waals surface area contributed by atoms with Crippen LogP contribution in [0.4, 0.5) is 28.1 Å². The van der Waals surface area contributed by atoms with Gasteiger partial charge in [-0.1, -0.05) is 0 Å². The van der Waals surface area contributed by atoms with E-state index in [0.717, 1.165) is 11.9 Å². The SMILES string of the molecule is Cc1cc(Nc2nc(NC(CC(N)=O)c3ccc(F)cn3)nc(N3CCOCC3)n2)n[nH]1. The predicted molar refractivity (Wildman–Crippen MR) is 114 cm³/mol. The smallest absolute Gasteiger partial charge is 0.235 e. The van der Waals surface area contributed by atoms with Crippen molar-refractivity contribution in [2.45, 2.75) is 19.4 Å². The number of H-pyrrole nitrogens is 1. The standard InChI is InChI=1S/C19H23FN10O2/c1-11-8-16(29-28-11)24-18-25-17(26-19(27-18)30-4-6-32-7-5-30)23-14(9-15(21)31)13-3-2-12(20)10-22-13/h2-3,8,10,14H,4-7,9H2,1H3,(H2,21,31)(H3,23,24,25,26,27,28,29). The molecule has 4 rings (SSSR count). The van der Waals surface area contributed by atoms with E-state index in [4.69, 9.17) is 10.5 Å². The first-order valence-electron chi connectivity index (χ1n) is 10.0. The molecule has 13 heteroatoms. The van der Waals surface area contributed by atoms with Crippen LogP contribution in [-0.4, -0.2) is 62.3 Å². The lowest BCUT2D eigenvalue weighted by Gasteiger charge is -2.27. The summed E-state index contributed by atoms with van der Waals surface area (Å²) in [5.41, 5.74) is 6.71. The van der Waals surface area contributed by atoms with Crippen LogP contribution in [0.5, 0.6) is 0 Å². The summed E-state index contributed by atoms with van der Waals surface area (Å²) in [7, 11) is 0. The molecule has 1 aliphatic heterocycles. The van der Waals surface area contributed by atoms with E-state index in [1.807, 2.05) is 17.9 Å². The lowest BCUT2D eigenvalue weighted by atomic mass is 10.1. The van der Waals surface area contributed by atoms with Gasteiger partial charge in [0.2, 0.25) is 23.8 Å². The predicted octanol–water partition coefficient (Wildman–Crippen LogP) is 1.05. The van der Waals surface area contributed by atoms with Gasteiger partial charge >= 0.3 is 0 Å². The minimum Gasteiger partial charge on any atom is -0.378 e. The van der Waals surface area contributed by atoms with Crippen molar-refractivity contribution in [1.82, 2.24) is 30.1 Å². The highest BCUT2D eigenvalue weighted by atomic mass is 19.1. The summed E-state index contributed by atoms with van der Waals surface area (Å²) in [6.07, 6.45) is 0.989. The Morgan fingerprint density at radius 3 is 2.72 bits per heavy atom. The molecule has 1 atom stereocenters. The summed E-state index contributed by atoms with van der Waals surface area (Å²) < 4.78 is 18.7. The first-order valence-corrected chi connectivity index (χ1v) is 10.0. The number of morpholine rings is 1. The van der Waals surface area contributed by atoms with Gasteiger partial charge in [-0.3, -0.25) is 14.9 Å². The Balaban J connectivity index is 1.65. The molecule has 1 unspecified atom stereocenters. The molecular formula is C19H23FN10O2. The maximum absolute atomic E-state index is 13.3. The van der Waals surface area contributed by atoms with E-state index < -0.39 is 17.8 Å². The number of pyridine rings is 1. The van der Waals surface area contributed by atoms with Gasteiger partial charge < -0.3 is 26.0 Å². The molecule has 5 N–H and O–H groups in total. The van der Waals surface area contributed by atoms with Crippen molar-refractivity contribution < 1.29 is 13.9 Å². The molecule has 4 heterocycles. The summed E-state index contributed by atoms with van der Waals surface area (Å²) in [5, 5.41) is 13.1. The van der Waals surface area contributed by atoms with Gasteiger partial charge in [-0.2, -0.15) is 20.1 Å². The van der Waals surface area contributed by atoms with Crippen molar-refractivity contribution in [1.29, 1.82) is 0 Å². The van der Waals surface area contributed by atoms with Crippen LogP contribution in [-0.2, 0) is 9.53 Å². The highest BCUT2D eigenvalue weighted by Crippen LogP contribution is 2.23.